The van der Waals surface area contributed by atoms with Crippen LogP contribution in [0.2, 0.25) is 0 Å². The van der Waals surface area contributed by atoms with Gasteiger partial charge in [-0.2, -0.15) is 13.2 Å². The van der Waals surface area contributed by atoms with Crippen LogP contribution in [0.5, 0.6) is 0 Å². The second-order valence-electron chi connectivity index (χ2n) is 7.60. The molecule has 30 heavy (non-hydrogen) atoms. The lowest BCUT2D eigenvalue weighted by Gasteiger charge is -2.26. The zero-order valence-corrected chi connectivity index (χ0v) is 17.9. The zero-order valence-electron chi connectivity index (χ0n) is 17.9. The molecule has 168 valence electrons. The van der Waals surface area contributed by atoms with Crippen molar-refractivity contribution in [2.24, 2.45) is 4.99 Å². The number of carbonyl (C=O) groups excluding carboxylic acids is 1. The first-order chi connectivity index (χ1) is 14.2. The van der Waals surface area contributed by atoms with Crippen LogP contribution in [0.15, 0.2) is 29.3 Å². The van der Waals surface area contributed by atoms with Crippen molar-refractivity contribution in [1.29, 1.82) is 0 Å². The van der Waals surface area contributed by atoms with Crippen LogP contribution < -0.4 is 10.6 Å². The van der Waals surface area contributed by atoms with Crippen molar-refractivity contribution >= 4 is 11.9 Å². The summed E-state index contributed by atoms with van der Waals surface area (Å²) in [6, 6.07) is 5.18. The molecule has 1 unspecified atom stereocenters. The van der Waals surface area contributed by atoms with Gasteiger partial charge in [0, 0.05) is 33.7 Å². The van der Waals surface area contributed by atoms with E-state index in [0.717, 1.165) is 44.5 Å². The highest BCUT2D eigenvalue weighted by Gasteiger charge is 2.31. The Kier molecular flexibility index (Phi) is 8.95. The molecule has 1 amide bonds. The smallest absolute Gasteiger partial charge is 0.357 e. The summed E-state index contributed by atoms with van der Waals surface area (Å²) in [5.74, 6) is 0.716. The van der Waals surface area contributed by atoms with Crippen molar-refractivity contribution in [3.8, 4) is 0 Å². The minimum Gasteiger partial charge on any atom is -0.357 e. The standard InChI is InChI=1S/C21H32F3N5O/c1-4-25-20(27-15-16-8-5-9-17(14-16)21(22,23)24)26-11-7-13-29-12-6-10-18(29)19(30)28(2)3/h5,8-9,14,18H,4,6-7,10-13,15H2,1-3H3,(H2,25,26,27). The molecule has 1 saturated heterocycles. The topological polar surface area (TPSA) is 60.0 Å². The number of guanidine groups is 1. The van der Waals surface area contributed by atoms with E-state index in [0.29, 0.717) is 24.6 Å². The molecular formula is C21H32F3N5O. The van der Waals surface area contributed by atoms with Crippen molar-refractivity contribution in [2.75, 3.05) is 40.3 Å². The highest BCUT2D eigenvalue weighted by Crippen LogP contribution is 2.29. The van der Waals surface area contributed by atoms with Crippen LogP contribution in [0.25, 0.3) is 0 Å². The van der Waals surface area contributed by atoms with E-state index in [1.165, 1.54) is 6.07 Å². The maximum Gasteiger partial charge on any atom is 0.416 e. The largest absolute Gasteiger partial charge is 0.416 e. The molecule has 6 nitrogen and oxygen atoms in total. The minimum atomic E-state index is -4.36. The molecule has 1 fully saturated rings. The molecular weight excluding hydrogens is 395 g/mol. The minimum absolute atomic E-state index is 0.0391. The van der Waals surface area contributed by atoms with Crippen molar-refractivity contribution < 1.29 is 18.0 Å². The second-order valence-corrected chi connectivity index (χ2v) is 7.60. The lowest BCUT2D eigenvalue weighted by atomic mass is 10.1. The number of carbonyl (C=O) groups is 1. The number of benzene rings is 1. The molecule has 0 radical (unpaired) electrons. The van der Waals surface area contributed by atoms with Crippen molar-refractivity contribution in [3.63, 3.8) is 0 Å². The summed E-state index contributed by atoms with van der Waals surface area (Å²) in [6.45, 7) is 5.14. The van der Waals surface area contributed by atoms with Crippen LogP contribution in [0, 0.1) is 0 Å². The maximum absolute atomic E-state index is 12.9. The summed E-state index contributed by atoms with van der Waals surface area (Å²) >= 11 is 0. The number of rotatable bonds is 8. The molecule has 1 aromatic rings. The summed E-state index contributed by atoms with van der Waals surface area (Å²) in [7, 11) is 3.56. The maximum atomic E-state index is 12.9. The Morgan fingerprint density at radius 3 is 2.73 bits per heavy atom. The van der Waals surface area contributed by atoms with Gasteiger partial charge in [0.1, 0.15) is 0 Å². The molecule has 1 atom stereocenters. The van der Waals surface area contributed by atoms with Gasteiger partial charge >= 0.3 is 6.18 Å². The molecule has 2 N–H and O–H groups in total. The van der Waals surface area contributed by atoms with Crippen molar-refractivity contribution in [2.45, 2.75) is 44.9 Å². The normalized spacial score (nSPS) is 17.8. The number of likely N-dealkylation sites (tertiary alicyclic amines) is 1. The van der Waals surface area contributed by atoms with E-state index in [4.69, 9.17) is 0 Å². The number of amides is 1. The second kappa shape index (κ2) is 11.2. The number of hydrogen-bond donors (Lipinski definition) is 2. The first kappa shape index (κ1) is 24.0. The average molecular weight is 428 g/mol. The van der Waals surface area contributed by atoms with Crippen LogP contribution in [0.4, 0.5) is 13.2 Å². The van der Waals surface area contributed by atoms with Crippen LogP contribution in [0.1, 0.15) is 37.3 Å². The first-order valence-corrected chi connectivity index (χ1v) is 10.4. The molecule has 0 bridgehead atoms. The number of hydrogen-bond acceptors (Lipinski definition) is 3. The lowest BCUT2D eigenvalue weighted by molar-refractivity contribution is -0.137. The number of alkyl halides is 3. The van der Waals surface area contributed by atoms with Crippen LogP contribution in [-0.4, -0.2) is 68.0 Å². The summed E-state index contributed by atoms with van der Waals surface area (Å²) in [5, 5.41) is 6.33. The van der Waals surface area contributed by atoms with Gasteiger partial charge in [0.25, 0.3) is 0 Å². The van der Waals surface area contributed by atoms with Gasteiger partial charge in [-0.3, -0.25) is 9.69 Å². The van der Waals surface area contributed by atoms with Gasteiger partial charge in [-0.15, -0.1) is 0 Å². The van der Waals surface area contributed by atoms with E-state index in [1.807, 2.05) is 6.92 Å². The molecule has 1 aliphatic heterocycles. The van der Waals surface area contributed by atoms with Gasteiger partial charge < -0.3 is 15.5 Å². The van der Waals surface area contributed by atoms with Crippen LogP contribution >= 0.6 is 0 Å². The predicted octanol–water partition coefficient (Wildman–Crippen LogP) is 2.70. The highest BCUT2D eigenvalue weighted by atomic mass is 19.4. The fourth-order valence-electron chi connectivity index (χ4n) is 3.52. The average Bonchev–Trinajstić information content (AvgIpc) is 3.16. The zero-order chi connectivity index (χ0) is 22.1. The molecule has 2 rings (SSSR count). The third-order valence-corrected chi connectivity index (χ3v) is 5.02. The number of halogens is 3. The van der Waals surface area contributed by atoms with Crippen molar-refractivity contribution in [3.05, 3.63) is 35.4 Å². The van der Waals surface area contributed by atoms with Gasteiger partial charge in [0.05, 0.1) is 18.2 Å². The summed E-state index contributed by atoms with van der Waals surface area (Å²) in [6.07, 6.45) is -1.60. The van der Waals surface area contributed by atoms with Crippen molar-refractivity contribution in [1.82, 2.24) is 20.4 Å². The third-order valence-electron chi connectivity index (χ3n) is 5.02. The van der Waals surface area contributed by atoms with Crippen LogP contribution in [-0.2, 0) is 17.5 Å². The first-order valence-electron chi connectivity index (χ1n) is 10.4. The Labute approximate surface area is 176 Å². The fraction of sp³-hybridized carbons (Fsp3) is 0.619. The number of aliphatic imine (C=N–C) groups is 1. The van der Waals surface area contributed by atoms with E-state index in [1.54, 1.807) is 25.1 Å². The number of nitrogens with one attached hydrogen (secondary N) is 2. The van der Waals surface area contributed by atoms with Gasteiger partial charge in [-0.25, -0.2) is 4.99 Å². The van der Waals surface area contributed by atoms with E-state index < -0.39 is 11.7 Å². The number of likely N-dealkylation sites (N-methyl/N-ethyl adjacent to an activating group) is 1. The van der Waals surface area contributed by atoms with Gasteiger partial charge in [0.15, 0.2) is 5.96 Å². The Morgan fingerprint density at radius 1 is 1.30 bits per heavy atom. The van der Waals surface area contributed by atoms with Gasteiger partial charge in [0.2, 0.25) is 5.91 Å². The Hall–Kier alpha value is -2.29. The predicted molar refractivity (Wildman–Crippen MR) is 112 cm³/mol. The summed E-state index contributed by atoms with van der Waals surface area (Å²) < 4.78 is 38.6. The molecule has 0 aromatic heterocycles. The molecule has 0 aliphatic carbocycles. The van der Waals surface area contributed by atoms with E-state index in [-0.39, 0.29) is 18.5 Å². The number of nitrogens with zero attached hydrogens (tertiary/aromatic N) is 3. The fourth-order valence-corrected chi connectivity index (χ4v) is 3.52. The molecule has 9 heteroatoms. The highest BCUT2D eigenvalue weighted by molar-refractivity contribution is 5.81. The van der Waals surface area contributed by atoms with E-state index in [9.17, 15) is 18.0 Å². The lowest BCUT2D eigenvalue weighted by Crippen LogP contribution is -2.44. The van der Waals surface area contributed by atoms with Crippen LogP contribution in [0.3, 0.4) is 0 Å². The SMILES string of the molecule is CCNC(=NCc1cccc(C(F)(F)F)c1)NCCCN1CCCC1C(=O)N(C)C. The summed E-state index contributed by atoms with van der Waals surface area (Å²) in [4.78, 5) is 20.5. The van der Waals surface area contributed by atoms with E-state index >= 15 is 0 Å². The Morgan fingerprint density at radius 2 is 2.07 bits per heavy atom. The third kappa shape index (κ3) is 7.19. The van der Waals surface area contributed by atoms with E-state index in [2.05, 4.69) is 20.5 Å². The quantitative estimate of drug-likeness (QED) is 0.381. The van der Waals surface area contributed by atoms with Gasteiger partial charge in [-0.1, -0.05) is 12.1 Å². The molecule has 1 aliphatic rings. The monoisotopic (exact) mass is 427 g/mol. The Bertz CT molecular complexity index is 721. The molecule has 1 heterocycles. The molecule has 0 saturated carbocycles. The Balaban J connectivity index is 1.85. The molecule has 0 spiro atoms. The van der Waals surface area contributed by atoms with Gasteiger partial charge in [-0.05, 0) is 50.4 Å². The summed E-state index contributed by atoms with van der Waals surface area (Å²) in [5.41, 5.74) is -0.162. The molecule has 1 aromatic carbocycles.